The molecule has 3 heterocycles. The van der Waals surface area contributed by atoms with E-state index in [1.807, 2.05) is 29.9 Å². The summed E-state index contributed by atoms with van der Waals surface area (Å²) < 4.78 is 4.53. The minimum atomic E-state index is 0.698. The molecule has 0 aromatic carbocycles. The van der Waals surface area contributed by atoms with Gasteiger partial charge in [-0.2, -0.15) is 5.10 Å². The summed E-state index contributed by atoms with van der Waals surface area (Å²) in [4.78, 5) is 8.83. The second-order valence-electron chi connectivity index (χ2n) is 3.74. The molecule has 6 nitrogen and oxygen atoms in total. The van der Waals surface area contributed by atoms with Crippen molar-refractivity contribution in [3.63, 3.8) is 0 Å². The number of hydrogen-bond donors (Lipinski definition) is 1. The molecule has 0 aliphatic heterocycles. The van der Waals surface area contributed by atoms with Crippen LogP contribution in [0.15, 0.2) is 35.5 Å². The van der Waals surface area contributed by atoms with E-state index < -0.39 is 0 Å². The molecule has 3 rings (SSSR count). The van der Waals surface area contributed by atoms with Gasteiger partial charge in [0.2, 0.25) is 0 Å². The van der Waals surface area contributed by atoms with Crippen LogP contribution >= 0.6 is 15.9 Å². The number of nitrogens with one attached hydrogen (secondary N) is 1. The predicted molar refractivity (Wildman–Crippen MR) is 72.0 cm³/mol. The van der Waals surface area contributed by atoms with Crippen LogP contribution in [0.2, 0.25) is 0 Å². The van der Waals surface area contributed by atoms with Crippen molar-refractivity contribution in [3.8, 4) is 5.82 Å². The number of halogens is 1. The maximum atomic E-state index is 4.53. The van der Waals surface area contributed by atoms with Crippen molar-refractivity contribution in [2.45, 2.75) is 6.92 Å². The zero-order chi connectivity index (χ0) is 12.5. The fourth-order valence-corrected chi connectivity index (χ4v) is 2.04. The minimum Gasteiger partial charge on any atom is -0.369 e. The molecule has 1 N–H and O–H groups in total. The molecule has 92 valence electrons. The summed E-state index contributed by atoms with van der Waals surface area (Å²) in [5.74, 6) is 1.49. The molecule has 0 radical (unpaired) electrons. The summed E-state index contributed by atoms with van der Waals surface area (Å²) in [5, 5.41) is 7.44. The lowest BCUT2D eigenvalue weighted by Gasteiger charge is -2.07. The van der Waals surface area contributed by atoms with Crippen molar-refractivity contribution in [2.75, 3.05) is 11.9 Å². The van der Waals surface area contributed by atoms with Gasteiger partial charge in [0.25, 0.3) is 0 Å². The van der Waals surface area contributed by atoms with Crippen LogP contribution in [0.4, 0.5) is 5.82 Å². The predicted octanol–water partition coefficient (Wildman–Crippen LogP) is 2.11. The monoisotopic (exact) mass is 306 g/mol. The van der Waals surface area contributed by atoms with Crippen LogP contribution in [0.25, 0.3) is 11.5 Å². The zero-order valence-electron chi connectivity index (χ0n) is 9.71. The Kier molecular flexibility index (Phi) is 2.75. The first-order valence-electron chi connectivity index (χ1n) is 5.56. The Morgan fingerprint density at radius 1 is 1.39 bits per heavy atom. The molecule has 0 unspecified atom stereocenters. The van der Waals surface area contributed by atoms with Gasteiger partial charge >= 0.3 is 0 Å². The maximum absolute atomic E-state index is 4.53. The van der Waals surface area contributed by atoms with E-state index in [4.69, 9.17) is 0 Å². The van der Waals surface area contributed by atoms with Crippen molar-refractivity contribution in [1.82, 2.24) is 24.1 Å². The van der Waals surface area contributed by atoms with Gasteiger partial charge in [0, 0.05) is 25.1 Å². The van der Waals surface area contributed by atoms with Gasteiger partial charge < -0.3 is 9.72 Å². The Morgan fingerprint density at radius 3 is 3.00 bits per heavy atom. The number of aromatic nitrogens is 5. The van der Waals surface area contributed by atoms with E-state index >= 15 is 0 Å². The second kappa shape index (κ2) is 4.41. The zero-order valence-corrected chi connectivity index (χ0v) is 11.3. The van der Waals surface area contributed by atoms with E-state index in [-0.39, 0.29) is 0 Å². The van der Waals surface area contributed by atoms with Crippen LogP contribution in [0.5, 0.6) is 0 Å². The first-order valence-corrected chi connectivity index (χ1v) is 6.35. The molecule has 0 saturated heterocycles. The third-order valence-electron chi connectivity index (χ3n) is 2.48. The summed E-state index contributed by atoms with van der Waals surface area (Å²) >= 11 is 3.38. The number of rotatable bonds is 3. The molecule has 3 aromatic heterocycles. The molecular formula is C11H11BrN6. The second-order valence-corrected chi connectivity index (χ2v) is 4.66. The summed E-state index contributed by atoms with van der Waals surface area (Å²) in [5.41, 5.74) is 0.771. The van der Waals surface area contributed by atoms with E-state index in [0.29, 0.717) is 5.82 Å². The fraction of sp³-hybridized carbons (Fsp3) is 0.182. The lowest BCUT2D eigenvalue weighted by molar-refractivity contribution is 0.841. The maximum Gasteiger partial charge on any atom is 0.199 e. The third-order valence-corrected chi connectivity index (χ3v) is 2.89. The van der Waals surface area contributed by atoms with E-state index in [0.717, 1.165) is 22.5 Å². The lowest BCUT2D eigenvalue weighted by atomic mass is 10.5. The van der Waals surface area contributed by atoms with Gasteiger partial charge in [0.15, 0.2) is 11.5 Å². The number of imidazole rings is 1. The lowest BCUT2D eigenvalue weighted by Crippen LogP contribution is -2.07. The normalized spacial score (nSPS) is 11.0. The van der Waals surface area contributed by atoms with Gasteiger partial charge in [-0.05, 0) is 22.9 Å². The van der Waals surface area contributed by atoms with Crippen molar-refractivity contribution >= 4 is 27.4 Å². The highest BCUT2D eigenvalue weighted by atomic mass is 79.9. The van der Waals surface area contributed by atoms with Gasteiger partial charge in [-0.25, -0.2) is 14.6 Å². The number of anilines is 1. The van der Waals surface area contributed by atoms with Crippen molar-refractivity contribution in [2.24, 2.45) is 0 Å². The van der Waals surface area contributed by atoms with Gasteiger partial charge in [0.1, 0.15) is 5.82 Å². The van der Waals surface area contributed by atoms with E-state index in [1.165, 1.54) is 0 Å². The number of hydrogen-bond acceptors (Lipinski definition) is 4. The van der Waals surface area contributed by atoms with E-state index in [9.17, 15) is 0 Å². The molecule has 0 aliphatic rings. The average molecular weight is 307 g/mol. The standard InChI is InChI=1S/C11H11BrN6/c1-2-13-9-7-17-4-3-14-10(17)11(16-9)18-6-8(12)5-15-18/h3-7,13H,2H2,1H3. The number of nitrogens with zero attached hydrogens (tertiary/aromatic N) is 5. The van der Waals surface area contributed by atoms with E-state index in [2.05, 4.69) is 36.3 Å². The SMILES string of the molecule is CCNc1cn2ccnc2c(-n2cc(Br)cn2)n1. The quantitative estimate of drug-likeness (QED) is 0.805. The highest BCUT2D eigenvalue weighted by Gasteiger charge is 2.10. The topological polar surface area (TPSA) is 60.0 Å². The van der Waals surface area contributed by atoms with Crippen LogP contribution in [0.1, 0.15) is 6.92 Å². The molecule has 0 aliphatic carbocycles. The molecule has 3 aromatic rings. The summed E-state index contributed by atoms with van der Waals surface area (Å²) in [6.07, 6.45) is 9.12. The smallest absolute Gasteiger partial charge is 0.199 e. The van der Waals surface area contributed by atoms with Gasteiger partial charge in [-0.15, -0.1) is 0 Å². The molecule has 7 heteroatoms. The molecule has 0 spiro atoms. The summed E-state index contributed by atoms with van der Waals surface area (Å²) in [6.45, 7) is 2.85. The first-order chi connectivity index (χ1) is 8.78. The molecular weight excluding hydrogens is 296 g/mol. The average Bonchev–Trinajstić information content (AvgIpc) is 2.97. The summed E-state index contributed by atoms with van der Waals surface area (Å²) in [7, 11) is 0. The Labute approximate surface area is 112 Å². The largest absolute Gasteiger partial charge is 0.369 e. The van der Waals surface area contributed by atoms with Crippen LogP contribution in [0, 0.1) is 0 Å². The first kappa shape index (κ1) is 11.2. The molecule has 18 heavy (non-hydrogen) atoms. The molecule has 0 saturated carbocycles. The Bertz CT molecular complexity index is 686. The highest BCUT2D eigenvalue weighted by Crippen LogP contribution is 2.17. The Balaban J connectivity index is 2.22. The summed E-state index contributed by atoms with van der Waals surface area (Å²) in [6, 6.07) is 0. The van der Waals surface area contributed by atoms with Crippen LogP contribution in [-0.4, -0.2) is 30.7 Å². The molecule has 0 bridgehead atoms. The minimum absolute atomic E-state index is 0.698. The van der Waals surface area contributed by atoms with Gasteiger partial charge in [0.05, 0.1) is 16.9 Å². The molecule has 0 fully saturated rings. The van der Waals surface area contributed by atoms with Gasteiger partial charge in [-0.3, -0.25) is 0 Å². The molecule has 0 atom stereocenters. The van der Waals surface area contributed by atoms with Crippen LogP contribution in [0.3, 0.4) is 0 Å². The third kappa shape index (κ3) is 1.86. The van der Waals surface area contributed by atoms with Crippen LogP contribution < -0.4 is 5.32 Å². The number of fused-ring (bicyclic) bond motifs is 1. The van der Waals surface area contributed by atoms with Crippen LogP contribution in [-0.2, 0) is 0 Å². The Hall–Kier alpha value is -1.89. The Morgan fingerprint density at radius 2 is 2.28 bits per heavy atom. The van der Waals surface area contributed by atoms with Gasteiger partial charge in [-0.1, -0.05) is 0 Å². The van der Waals surface area contributed by atoms with Crippen molar-refractivity contribution < 1.29 is 0 Å². The molecule has 0 amide bonds. The highest BCUT2D eigenvalue weighted by molar-refractivity contribution is 9.10. The fourth-order valence-electron chi connectivity index (χ4n) is 1.75. The van der Waals surface area contributed by atoms with Crippen molar-refractivity contribution in [1.29, 1.82) is 0 Å². The van der Waals surface area contributed by atoms with E-state index in [1.54, 1.807) is 17.1 Å². The van der Waals surface area contributed by atoms with Crippen molar-refractivity contribution in [3.05, 3.63) is 35.5 Å².